The molecule has 0 spiro atoms. The fourth-order valence-electron chi connectivity index (χ4n) is 2.88. The van der Waals surface area contributed by atoms with Crippen LogP contribution >= 0.6 is 0 Å². The molecule has 6 heteroatoms. The lowest BCUT2D eigenvalue weighted by atomic mass is 10.0. The second-order valence-corrected chi connectivity index (χ2v) is 5.87. The summed E-state index contributed by atoms with van der Waals surface area (Å²) in [5, 5.41) is 12.3. The van der Waals surface area contributed by atoms with E-state index in [4.69, 9.17) is 4.74 Å². The molecule has 6 nitrogen and oxygen atoms in total. The van der Waals surface area contributed by atoms with E-state index in [9.17, 15) is 0 Å². The fraction of sp³-hybridized carbons (Fsp3) is 0.533. The summed E-state index contributed by atoms with van der Waals surface area (Å²) in [6.07, 6.45) is 2.49. The van der Waals surface area contributed by atoms with Gasteiger partial charge in [0, 0.05) is 0 Å². The minimum absolute atomic E-state index is 0.181. The Kier molecular flexibility index (Phi) is 3.63. The summed E-state index contributed by atoms with van der Waals surface area (Å²) in [5.41, 5.74) is 0.767. The molecule has 2 heterocycles. The predicted octanol–water partition coefficient (Wildman–Crippen LogP) is 2.00. The van der Waals surface area contributed by atoms with Crippen LogP contribution in [0.2, 0.25) is 0 Å². The average molecular weight is 287 g/mol. The van der Waals surface area contributed by atoms with Crippen molar-refractivity contribution in [2.24, 2.45) is 0 Å². The first-order valence-corrected chi connectivity index (χ1v) is 7.31. The van der Waals surface area contributed by atoms with Gasteiger partial charge in [-0.15, -0.1) is 5.10 Å². The van der Waals surface area contributed by atoms with Gasteiger partial charge in [0.05, 0.1) is 18.3 Å². The Bertz CT molecular complexity index is 599. The Hall–Kier alpha value is -1.95. The van der Waals surface area contributed by atoms with Crippen molar-refractivity contribution in [1.82, 2.24) is 25.1 Å². The maximum Gasteiger partial charge on any atom is 0.176 e. The second-order valence-electron chi connectivity index (χ2n) is 5.87. The number of methoxy groups -OCH3 is 1. The van der Waals surface area contributed by atoms with Gasteiger partial charge in [-0.1, -0.05) is 0 Å². The number of hydrogen-bond donors (Lipinski definition) is 0. The van der Waals surface area contributed by atoms with E-state index in [2.05, 4.69) is 34.3 Å². The molecule has 0 bridgehead atoms. The lowest BCUT2D eigenvalue weighted by Gasteiger charge is -2.33. The summed E-state index contributed by atoms with van der Waals surface area (Å²) in [4.78, 5) is 2.44. The zero-order valence-electron chi connectivity index (χ0n) is 12.8. The van der Waals surface area contributed by atoms with E-state index < -0.39 is 0 Å². The molecule has 0 aliphatic carbocycles. The van der Waals surface area contributed by atoms with Crippen LogP contribution in [0.3, 0.4) is 0 Å². The van der Waals surface area contributed by atoms with Gasteiger partial charge in [-0.2, -0.15) is 4.68 Å². The molecule has 112 valence electrons. The van der Waals surface area contributed by atoms with Crippen LogP contribution in [0.25, 0.3) is 5.69 Å². The Balaban J connectivity index is 1.95. The summed E-state index contributed by atoms with van der Waals surface area (Å²) in [6, 6.07) is 7.78. The summed E-state index contributed by atoms with van der Waals surface area (Å²) in [7, 11) is 1.66. The van der Waals surface area contributed by atoms with Gasteiger partial charge in [-0.3, -0.25) is 4.90 Å². The molecule has 0 radical (unpaired) electrons. The highest BCUT2D eigenvalue weighted by Gasteiger charge is 2.35. The number of hydrogen-bond acceptors (Lipinski definition) is 5. The number of ether oxygens (including phenoxy) is 1. The average Bonchev–Trinajstić information content (AvgIpc) is 3.19. The molecular weight excluding hydrogens is 266 g/mol. The predicted molar refractivity (Wildman–Crippen MR) is 79.5 cm³/mol. The number of tetrazole rings is 1. The Labute approximate surface area is 124 Å². The van der Waals surface area contributed by atoms with E-state index >= 15 is 0 Å². The maximum atomic E-state index is 5.20. The zero-order valence-corrected chi connectivity index (χ0v) is 12.8. The minimum Gasteiger partial charge on any atom is -0.497 e. The van der Waals surface area contributed by atoms with Crippen LogP contribution in [-0.4, -0.2) is 45.3 Å². The van der Waals surface area contributed by atoms with Crippen molar-refractivity contribution < 1.29 is 4.74 Å². The molecule has 0 saturated carbocycles. The quantitative estimate of drug-likeness (QED) is 0.861. The third-order valence-corrected chi connectivity index (χ3v) is 4.23. The third-order valence-electron chi connectivity index (χ3n) is 4.23. The van der Waals surface area contributed by atoms with Crippen molar-refractivity contribution in [3.8, 4) is 11.4 Å². The summed E-state index contributed by atoms with van der Waals surface area (Å²) >= 11 is 0. The molecule has 0 atom stereocenters. The molecule has 1 aliphatic heterocycles. The van der Waals surface area contributed by atoms with Crippen LogP contribution in [0.5, 0.6) is 5.75 Å². The van der Waals surface area contributed by atoms with Crippen LogP contribution in [0.4, 0.5) is 0 Å². The van der Waals surface area contributed by atoms with E-state index in [1.807, 2.05) is 28.9 Å². The van der Waals surface area contributed by atoms with Gasteiger partial charge < -0.3 is 4.74 Å². The van der Waals surface area contributed by atoms with Gasteiger partial charge in [-0.25, -0.2) is 0 Å². The molecular formula is C15H21N5O. The highest BCUT2D eigenvalue weighted by atomic mass is 16.5. The van der Waals surface area contributed by atoms with Crippen LogP contribution in [0, 0.1) is 0 Å². The molecule has 3 rings (SSSR count). The molecule has 0 unspecified atom stereocenters. The summed E-state index contributed by atoms with van der Waals surface area (Å²) < 4.78 is 7.01. The molecule has 0 N–H and O–H groups in total. The Morgan fingerprint density at radius 2 is 1.76 bits per heavy atom. The fourth-order valence-corrected chi connectivity index (χ4v) is 2.88. The monoisotopic (exact) mass is 287 g/mol. The van der Waals surface area contributed by atoms with Crippen molar-refractivity contribution in [3.05, 3.63) is 30.1 Å². The smallest absolute Gasteiger partial charge is 0.176 e. The molecule has 1 saturated heterocycles. The molecule has 1 aliphatic rings. The topological polar surface area (TPSA) is 56.1 Å². The number of benzene rings is 1. The molecule has 1 aromatic heterocycles. The number of likely N-dealkylation sites (tertiary alicyclic amines) is 1. The first-order chi connectivity index (χ1) is 10.1. The molecule has 2 aromatic rings. The highest BCUT2D eigenvalue weighted by molar-refractivity contribution is 5.37. The highest BCUT2D eigenvalue weighted by Crippen LogP contribution is 2.30. The van der Waals surface area contributed by atoms with Crippen molar-refractivity contribution in [2.45, 2.75) is 32.2 Å². The van der Waals surface area contributed by atoms with Crippen molar-refractivity contribution in [3.63, 3.8) is 0 Å². The number of rotatable bonds is 4. The van der Waals surface area contributed by atoms with E-state index in [0.717, 1.165) is 30.4 Å². The van der Waals surface area contributed by atoms with Crippen LogP contribution in [-0.2, 0) is 5.54 Å². The van der Waals surface area contributed by atoms with E-state index in [0.29, 0.717) is 0 Å². The van der Waals surface area contributed by atoms with E-state index in [1.54, 1.807) is 7.11 Å². The molecule has 1 fully saturated rings. The zero-order chi connectivity index (χ0) is 14.9. The van der Waals surface area contributed by atoms with Gasteiger partial charge >= 0.3 is 0 Å². The largest absolute Gasteiger partial charge is 0.497 e. The van der Waals surface area contributed by atoms with Gasteiger partial charge in [0.1, 0.15) is 5.75 Å². The summed E-state index contributed by atoms with van der Waals surface area (Å²) in [5.74, 6) is 1.70. The van der Waals surface area contributed by atoms with Crippen molar-refractivity contribution in [2.75, 3.05) is 20.2 Å². The van der Waals surface area contributed by atoms with Gasteiger partial charge in [0.25, 0.3) is 0 Å². The Morgan fingerprint density at radius 1 is 1.10 bits per heavy atom. The van der Waals surface area contributed by atoms with Gasteiger partial charge in [0.15, 0.2) is 5.82 Å². The van der Waals surface area contributed by atoms with E-state index in [1.165, 1.54) is 12.8 Å². The van der Waals surface area contributed by atoms with Gasteiger partial charge in [0.2, 0.25) is 0 Å². The van der Waals surface area contributed by atoms with Gasteiger partial charge in [-0.05, 0) is 74.5 Å². The van der Waals surface area contributed by atoms with E-state index in [-0.39, 0.29) is 5.54 Å². The SMILES string of the molecule is COc1ccc(-n2nnnc2C(C)(C)N2CCCC2)cc1. The first-order valence-electron chi connectivity index (χ1n) is 7.31. The maximum absolute atomic E-state index is 5.20. The summed E-state index contributed by atoms with van der Waals surface area (Å²) in [6.45, 7) is 6.57. The lowest BCUT2D eigenvalue weighted by Crippen LogP contribution is -2.41. The van der Waals surface area contributed by atoms with Crippen LogP contribution < -0.4 is 4.74 Å². The molecule has 0 amide bonds. The van der Waals surface area contributed by atoms with Crippen molar-refractivity contribution in [1.29, 1.82) is 0 Å². The third kappa shape index (κ3) is 2.51. The number of aromatic nitrogens is 4. The minimum atomic E-state index is -0.181. The normalized spacial score (nSPS) is 16.3. The Morgan fingerprint density at radius 3 is 2.38 bits per heavy atom. The van der Waals surface area contributed by atoms with Crippen LogP contribution in [0.1, 0.15) is 32.5 Å². The second kappa shape index (κ2) is 5.44. The van der Waals surface area contributed by atoms with Crippen LogP contribution in [0.15, 0.2) is 24.3 Å². The lowest BCUT2D eigenvalue weighted by molar-refractivity contribution is 0.142. The first kappa shape index (κ1) is 14.0. The molecule has 1 aromatic carbocycles. The number of nitrogens with zero attached hydrogens (tertiary/aromatic N) is 5. The van der Waals surface area contributed by atoms with Crippen molar-refractivity contribution >= 4 is 0 Å². The molecule has 21 heavy (non-hydrogen) atoms. The standard InChI is InChI=1S/C15H21N5O/c1-15(2,19-10-4-5-11-19)14-16-17-18-20(14)12-6-8-13(21-3)9-7-12/h6-9H,4-5,10-11H2,1-3H3.